The molecule has 8 heteroatoms. The summed E-state index contributed by atoms with van der Waals surface area (Å²) in [6.07, 6.45) is -4.82. The van der Waals surface area contributed by atoms with Crippen molar-refractivity contribution >= 4 is 17.6 Å². The second-order valence-electron chi connectivity index (χ2n) is 5.68. The first-order chi connectivity index (χ1) is 10.0. The fourth-order valence-electron chi connectivity index (χ4n) is 2.58. The van der Waals surface area contributed by atoms with E-state index in [0.29, 0.717) is 0 Å². The van der Waals surface area contributed by atoms with Gasteiger partial charge in [0.1, 0.15) is 5.75 Å². The molecule has 0 heterocycles. The van der Waals surface area contributed by atoms with Gasteiger partial charge in [0.25, 0.3) is 0 Å². The molecule has 0 unspecified atom stereocenters. The van der Waals surface area contributed by atoms with Crippen LogP contribution in [0.4, 0.5) is 18.9 Å². The van der Waals surface area contributed by atoms with Crippen molar-refractivity contribution in [2.24, 2.45) is 17.3 Å². The predicted octanol–water partition coefficient (Wildman–Crippen LogP) is 2.88. The average Bonchev–Trinajstić information content (AvgIpc) is 2.90. The van der Waals surface area contributed by atoms with E-state index in [-0.39, 0.29) is 5.69 Å². The summed E-state index contributed by atoms with van der Waals surface area (Å²) in [5, 5.41) is 11.4. The molecule has 22 heavy (non-hydrogen) atoms. The van der Waals surface area contributed by atoms with E-state index in [1.165, 1.54) is 12.1 Å². The lowest BCUT2D eigenvalue weighted by molar-refractivity contribution is -0.274. The van der Waals surface area contributed by atoms with Gasteiger partial charge in [-0.25, -0.2) is 0 Å². The van der Waals surface area contributed by atoms with Crippen LogP contribution in [0.25, 0.3) is 0 Å². The molecule has 1 aliphatic carbocycles. The van der Waals surface area contributed by atoms with Crippen LogP contribution < -0.4 is 10.1 Å². The molecule has 120 valence electrons. The van der Waals surface area contributed by atoms with E-state index in [2.05, 4.69) is 10.1 Å². The van der Waals surface area contributed by atoms with Crippen LogP contribution in [0, 0.1) is 17.3 Å². The first-order valence-corrected chi connectivity index (χ1v) is 6.42. The fraction of sp³-hybridized carbons (Fsp3) is 0.429. The van der Waals surface area contributed by atoms with Crippen molar-refractivity contribution < 1.29 is 32.6 Å². The summed E-state index contributed by atoms with van der Waals surface area (Å²) in [4.78, 5) is 23.1. The zero-order chi connectivity index (χ0) is 16.7. The maximum atomic E-state index is 12.1. The summed E-state index contributed by atoms with van der Waals surface area (Å²) < 4.78 is 40.2. The van der Waals surface area contributed by atoms with Gasteiger partial charge in [0.2, 0.25) is 5.91 Å². The normalized spacial score (nSPS) is 22.8. The van der Waals surface area contributed by atoms with Gasteiger partial charge in [-0.2, -0.15) is 0 Å². The van der Waals surface area contributed by atoms with E-state index >= 15 is 0 Å². The van der Waals surface area contributed by atoms with Gasteiger partial charge < -0.3 is 15.2 Å². The van der Waals surface area contributed by atoms with Gasteiger partial charge in [-0.1, -0.05) is 19.9 Å². The Morgan fingerprint density at radius 3 is 2.41 bits per heavy atom. The number of hydrogen-bond acceptors (Lipinski definition) is 3. The van der Waals surface area contributed by atoms with Crippen molar-refractivity contribution in [3.8, 4) is 5.75 Å². The van der Waals surface area contributed by atoms with Crippen molar-refractivity contribution in [3.63, 3.8) is 0 Å². The van der Waals surface area contributed by atoms with Crippen molar-refractivity contribution in [1.29, 1.82) is 0 Å². The number of anilines is 1. The van der Waals surface area contributed by atoms with Crippen LogP contribution >= 0.6 is 0 Å². The number of benzene rings is 1. The van der Waals surface area contributed by atoms with Gasteiger partial charge in [0.15, 0.2) is 0 Å². The lowest BCUT2D eigenvalue weighted by Gasteiger charge is -2.11. The van der Waals surface area contributed by atoms with Crippen LogP contribution in [0.2, 0.25) is 0 Å². The maximum Gasteiger partial charge on any atom is 0.573 e. The van der Waals surface area contributed by atoms with Crippen molar-refractivity contribution in [2.75, 3.05) is 5.32 Å². The minimum atomic E-state index is -4.82. The predicted molar refractivity (Wildman–Crippen MR) is 70.2 cm³/mol. The molecule has 0 aliphatic heterocycles. The van der Waals surface area contributed by atoms with Crippen LogP contribution in [0.15, 0.2) is 24.3 Å². The molecule has 5 nitrogen and oxygen atoms in total. The van der Waals surface area contributed by atoms with Crippen LogP contribution in [0.5, 0.6) is 5.75 Å². The SMILES string of the molecule is CC1(C)[C@H](C(=O)Nc2cccc(OC(F)(F)F)c2)[C@@H]1C(=O)O. The number of carbonyl (C=O) groups is 2. The molecule has 0 saturated heterocycles. The molecule has 1 amide bonds. The molecule has 2 N–H and O–H groups in total. The Bertz CT molecular complexity index is 612. The second-order valence-corrected chi connectivity index (χ2v) is 5.68. The number of carbonyl (C=O) groups excluding carboxylic acids is 1. The van der Waals surface area contributed by atoms with Gasteiger partial charge in [-0.05, 0) is 17.5 Å². The number of rotatable bonds is 4. The Morgan fingerprint density at radius 1 is 1.27 bits per heavy atom. The largest absolute Gasteiger partial charge is 0.573 e. The number of carboxylic acids is 1. The van der Waals surface area contributed by atoms with E-state index in [1.807, 2.05) is 0 Å². The number of ether oxygens (including phenoxy) is 1. The number of amides is 1. The number of halogens is 3. The zero-order valence-corrected chi connectivity index (χ0v) is 11.8. The van der Waals surface area contributed by atoms with Crippen LogP contribution in [-0.2, 0) is 9.59 Å². The summed E-state index contributed by atoms with van der Waals surface area (Å²) in [6.45, 7) is 3.30. The van der Waals surface area contributed by atoms with Crippen molar-refractivity contribution in [3.05, 3.63) is 24.3 Å². The Kier molecular flexibility index (Phi) is 3.80. The number of carboxylic acid groups (broad SMARTS) is 1. The zero-order valence-electron chi connectivity index (χ0n) is 11.8. The highest BCUT2D eigenvalue weighted by atomic mass is 19.4. The van der Waals surface area contributed by atoms with Crippen molar-refractivity contribution in [1.82, 2.24) is 0 Å². The van der Waals surface area contributed by atoms with Gasteiger partial charge in [0, 0.05) is 11.8 Å². The highest BCUT2D eigenvalue weighted by Crippen LogP contribution is 2.58. The second kappa shape index (κ2) is 5.19. The summed E-state index contributed by atoms with van der Waals surface area (Å²) in [5.74, 6) is -3.60. The number of aliphatic carboxylic acids is 1. The monoisotopic (exact) mass is 317 g/mol. The molecule has 1 fully saturated rings. The van der Waals surface area contributed by atoms with Crippen molar-refractivity contribution in [2.45, 2.75) is 20.2 Å². The Labute approximate surface area is 124 Å². The topological polar surface area (TPSA) is 75.6 Å². The summed E-state index contributed by atoms with van der Waals surface area (Å²) in [7, 11) is 0. The molecule has 2 rings (SSSR count). The molecule has 0 aromatic heterocycles. The summed E-state index contributed by atoms with van der Waals surface area (Å²) >= 11 is 0. The van der Waals surface area contributed by atoms with E-state index in [4.69, 9.17) is 5.11 Å². The van der Waals surface area contributed by atoms with Crippen LogP contribution in [0.1, 0.15) is 13.8 Å². The van der Waals surface area contributed by atoms with Crippen LogP contribution in [-0.4, -0.2) is 23.3 Å². The molecular weight excluding hydrogens is 303 g/mol. The molecule has 0 radical (unpaired) electrons. The molecule has 1 aromatic carbocycles. The Balaban J connectivity index is 2.07. The third-order valence-electron chi connectivity index (χ3n) is 3.71. The molecule has 0 spiro atoms. The highest BCUT2D eigenvalue weighted by molar-refractivity contribution is 5.99. The molecular formula is C14H14F3NO4. The van der Waals surface area contributed by atoms with Crippen LogP contribution in [0.3, 0.4) is 0 Å². The maximum absolute atomic E-state index is 12.1. The molecule has 1 aliphatic rings. The van der Waals surface area contributed by atoms with Gasteiger partial charge in [-0.3, -0.25) is 9.59 Å². The van der Waals surface area contributed by atoms with Gasteiger partial charge in [0.05, 0.1) is 11.8 Å². The highest BCUT2D eigenvalue weighted by Gasteiger charge is 2.65. The third kappa shape index (κ3) is 3.32. The summed E-state index contributed by atoms with van der Waals surface area (Å²) in [6, 6.07) is 4.82. The Morgan fingerprint density at radius 2 is 1.91 bits per heavy atom. The molecule has 0 bridgehead atoms. The quantitative estimate of drug-likeness (QED) is 0.895. The van der Waals surface area contributed by atoms with E-state index < -0.39 is 41.2 Å². The smallest absolute Gasteiger partial charge is 0.481 e. The molecule has 1 saturated carbocycles. The fourth-order valence-corrected chi connectivity index (χ4v) is 2.58. The van der Waals surface area contributed by atoms with E-state index in [9.17, 15) is 22.8 Å². The Hall–Kier alpha value is -2.25. The third-order valence-corrected chi connectivity index (χ3v) is 3.71. The van der Waals surface area contributed by atoms with Gasteiger partial charge in [-0.15, -0.1) is 13.2 Å². The average molecular weight is 317 g/mol. The lowest BCUT2D eigenvalue weighted by Crippen LogP contribution is -2.19. The lowest BCUT2D eigenvalue weighted by atomic mass is 10.1. The number of nitrogens with one attached hydrogen (secondary N) is 1. The molecule has 2 atom stereocenters. The van der Waals surface area contributed by atoms with Gasteiger partial charge >= 0.3 is 12.3 Å². The standard InChI is InChI=1S/C14H14F3NO4/c1-13(2)9(10(13)12(20)21)11(19)18-7-4-3-5-8(6-7)22-14(15,16)17/h3-6,9-10H,1-2H3,(H,18,19)(H,20,21)/t9-,10+/m0/s1. The minimum Gasteiger partial charge on any atom is -0.481 e. The number of alkyl halides is 3. The summed E-state index contributed by atoms with van der Waals surface area (Å²) in [5.41, 5.74) is -0.575. The number of hydrogen-bond donors (Lipinski definition) is 2. The minimum absolute atomic E-state index is 0.110. The first-order valence-electron chi connectivity index (χ1n) is 6.42. The first kappa shape index (κ1) is 16.1. The van der Waals surface area contributed by atoms with E-state index in [0.717, 1.165) is 12.1 Å². The van der Waals surface area contributed by atoms with E-state index in [1.54, 1.807) is 13.8 Å². The molecule has 1 aromatic rings.